The fraction of sp³-hybridized carbons (Fsp3) is 0.281. The molecular weight excluding hydrogens is 552 g/mol. The van der Waals surface area contributed by atoms with Crippen molar-refractivity contribution in [1.82, 2.24) is 29.5 Å². The van der Waals surface area contributed by atoms with Gasteiger partial charge in [-0.25, -0.2) is 0 Å². The molecule has 3 aromatic carbocycles. The van der Waals surface area contributed by atoms with Crippen LogP contribution >= 0.6 is 11.6 Å². The first kappa shape index (κ1) is 28.0. The van der Waals surface area contributed by atoms with E-state index in [2.05, 4.69) is 44.5 Å². The number of carbonyl (C=O) groups is 1. The molecule has 2 aromatic heterocycles. The molecule has 3 heterocycles. The largest absolute Gasteiger partial charge is 0.495 e. The van der Waals surface area contributed by atoms with E-state index in [1.807, 2.05) is 41.9 Å². The molecule has 9 nitrogen and oxygen atoms in total. The topological polar surface area (TPSA) is 84.6 Å². The minimum Gasteiger partial charge on any atom is -0.495 e. The number of methoxy groups -OCH3 is 1. The maximum absolute atomic E-state index is 13.8. The Kier molecular flexibility index (Phi) is 7.97. The van der Waals surface area contributed by atoms with Crippen LogP contribution in [0.25, 0.3) is 27.5 Å². The average molecular weight is 585 g/mol. The molecule has 42 heavy (non-hydrogen) atoms. The van der Waals surface area contributed by atoms with Crippen LogP contribution in [0.15, 0.2) is 77.6 Å². The lowest BCUT2D eigenvalue weighted by molar-refractivity contribution is 0.0929. The van der Waals surface area contributed by atoms with Gasteiger partial charge in [0.15, 0.2) is 5.69 Å². The zero-order chi connectivity index (χ0) is 29.2. The predicted molar refractivity (Wildman–Crippen MR) is 166 cm³/mol. The molecule has 1 N–H and O–H groups in total. The summed E-state index contributed by atoms with van der Waals surface area (Å²) in [6.07, 6.45) is 0. The number of nitrogens with one attached hydrogen (secondary N) is 1. The zero-order valence-electron chi connectivity index (χ0n) is 23.7. The lowest BCUT2D eigenvalue weighted by atomic mass is 10.1. The Hall–Kier alpha value is -4.18. The molecule has 0 aliphatic carbocycles. The second kappa shape index (κ2) is 12.0. The van der Waals surface area contributed by atoms with Crippen LogP contribution in [-0.4, -0.2) is 76.4 Å². The van der Waals surface area contributed by atoms with Crippen LogP contribution < -0.4 is 15.6 Å². The number of ether oxygens (including phenoxy) is 1. The highest BCUT2D eigenvalue weighted by Gasteiger charge is 2.24. The summed E-state index contributed by atoms with van der Waals surface area (Å²) in [6, 6.07) is 23.2. The molecule has 0 unspecified atom stereocenters. The zero-order valence-corrected chi connectivity index (χ0v) is 24.5. The van der Waals surface area contributed by atoms with E-state index in [9.17, 15) is 9.59 Å². The van der Waals surface area contributed by atoms with E-state index < -0.39 is 0 Å². The van der Waals surface area contributed by atoms with E-state index in [-0.39, 0.29) is 17.2 Å². The number of amides is 1. The monoisotopic (exact) mass is 584 g/mol. The Balaban J connectivity index is 1.23. The highest BCUT2D eigenvalue weighted by molar-refractivity contribution is 6.32. The molecule has 1 saturated heterocycles. The Bertz CT molecular complexity index is 1810. The maximum Gasteiger partial charge on any atom is 0.296 e. The number of hydrogen-bond donors (Lipinski definition) is 1. The van der Waals surface area contributed by atoms with Gasteiger partial charge in [0.25, 0.3) is 11.5 Å². The molecule has 0 spiro atoms. The lowest BCUT2D eigenvalue weighted by Gasteiger charge is -2.34. The first-order chi connectivity index (χ1) is 20.4. The summed E-state index contributed by atoms with van der Waals surface area (Å²) in [5, 5.41) is 9.36. The lowest BCUT2D eigenvalue weighted by Crippen LogP contribution is -2.48. The normalized spacial score (nSPS) is 14.5. The van der Waals surface area contributed by atoms with Gasteiger partial charge in [-0.15, -0.1) is 0 Å². The number of hydrogen-bond acceptors (Lipinski definition) is 6. The summed E-state index contributed by atoms with van der Waals surface area (Å²) in [7, 11) is 3.36. The summed E-state index contributed by atoms with van der Waals surface area (Å²) in [6.45, 7) is 6.01. The van der Waals surface area contributed by atoms with E-state index in [0.717, 1.165) is 50.2 Å². The van der Waals surface area contributed by atoms with E-state index in [1.54, 1.807) is 18.2 Å². The van der Waals surface area contributed by atoms with Gasteiger partial charge in [-0.3, -0.25) is 19.4 Å². The number of aromatic nitrogens is 3. The van der Waals surface area contributed by atoms with Crippen molar-refractivity contribution in [1.29, 1.82) is 0 Å². The van der Waals surface area contributed by atoms with Crippen LogP contribution in [0.1, 0.15) is 16.1 Å². The van der Waals surface area contributed by atoms with Crippen LogP contribution in [0.5, 0.6) is 5.75 Å². The van der Waals surface area contributed by atoms with Gasteiger partial charge in [-0.05, 0) is 29.8 Å². The fourth-order valence-electron chi connectivity index (χ4n) is 5.72. The van der Waals surface area contributed by atoms with Crippen LogP contribution in [0.4, 0.5) is 0 Å². The van der Waals surface area contributed by atoms with Gasteiger partial charge < -0.3 is 14.6 Å². The minimum atomic E-state index is -0.338. The van der Waals surface area contributed by atoms with E-state index >= 15 is 0 Å². The average Bonchev–Trinajstić information content (AvgIpc) is 3.31. The van der Waals surface area contributed by atoms with Crippen LogP contribution in [0.3, 0.4) is 0 Å². The molecule has 216 valence electrons. The molecule has 1 amide bonds. The first-order valence-electron chi connectivity index (χ1n) is 14.1. The van der Waals surface area contributed by atoms with Crippen molar-refractivity contribution in [2.24, 2.45) is 7.05 Å². The van der Waals surface area contributed by atoms with Gasteiger partial charge in [0.05, 0.1) is 17.8 Å². The van der Waals surface area contributed by atoms with Gasteiger partial charge >= 0.3 is 0 Å². The third-order valence-corrected chi connectivity index (χ3v) is 8.26. The molecule has 6 rings (SSSR count). The van der Waals surface area contributed by atoms with Crippen molar-refractivity contribution < 1.29 is 9.53 Å². The van der Waals surface area contributed by atoms with Crippen molar-refractivity contribution in [3.05, 3.63) is 99.4 Å². The number of aryl methyl sites for hydroxylation is 1. The molecule has 1 aliphatic rings. The predicted octanol–water partition coefficient (Wildman–Crippen LogP) is 4.09. The number of piperazine rings is 1. The number of halogens is 1. The number of fused-ring (bicyclic) bond motifs is 3. The van der Waals surface area contributed by atoms with Gasteiger partial charge in [0.2, 0.25) is 0 Å². The van der Waals surface area contributed by atoms with Crippen LogP contribution in [0, 0.1) is 0 Å². The Morgan fingerprint density at radius 3 is 2.43 bits per heavy atom. The van der Waals surface area contributed by atoms with Crippen LogP contribution in [-0.2, 0) is 13.6 Å². The molecule has 0 radical (unpaired) electrons. The second-order valence-electron chi connectivity index (χ2n) is 10.5. The molecular formula is C32H33ClN6O3. The van der Waals surface area contributed by atoms with E-state index in [1.165, 1.54) is 17.4 Å². The highest BCUT2D eigenvalue weighted by Crippen LogP contribution is 2.30. The molecule has 1 fully saturated rings. The van der Waals surface area contributed by atoms with Crippen molar-refractivity contribution in [2.45, 2.75) is 6.54 Å². The van der Waals surface area contributed by atoms with Gasteiger partial charge in [0, 0.05) is 69.2 Å². The van der Waals surface area contributed by atoms with Crippen LogP contribution in [0.2, 0.25) is 5.02 Å². The van der Waals surface area contributed by atoms with Gasteiger partial charge in [0.1, 0.15) is 11.3 Å². The highest BCUT2D eigenvalue weighted by atomic mass is 35.5. The first-order valence-corrected chi connectivity index (χ1v) is 14.4. The number of benzene rings is 3. The summed E-state index contributed by atoms with van der Waals surface area (Å²) in [5.74, 6) is 0.158. The van der Waals surface area contributed by atoms with E-state index in [4.69, 9.17) is 16.3 Å². The third kappa shape index (κ3) is 5.38. The molecule has 10 heteroatoms. The number of carbonyl (C=O) groups excluding carboxylic acids is 1. The SMILES string of the molecule is COc1ccc(-n2nc(C(=O)NCCN3CCN(Cc4ccccc4)CC3)c3c4ccccc4n(C)c3c2=O)cc1Cl. The number of rotatable bonds is 8. The van der Waals surface area contributed by atoms with Gasteiger partial charge in [-0.2, -0.15) is 9.78 Å². The Morgan fingerprint density at radius 1 is 0.976 bits per heavy atom. The van der Waals surface area contributed by atoms with Crippen molar-refractivity contribution >= 4 is 39.3 Å². The standard InChI is InChI=1S/C32H33ClN6O3/c1-36-26-11-7-6-10-24(26)28-29(35-39(32(41)30(28)36)23-12-13-27(42-2)25(33)20-23)31(40)34-14-15-37-16-18-38(19-17-37)21-22-8-4-3-5-9-22/h3-13,20H,14-19,21H2,1-2H3,(H,34,40). The maximum atomic E-state index is 13.8. The number of nitrogens with zero attached hydrogens (tertiary/aromatic N) is 5. The van der Waals surface area contributed by atoms with E-state index in [0.29, 0.717) is 33.9 Å². The Morgan fingerprint density at radius 2 is 1.69 bits per heavy atom. The molecule has 1 aliphatic heterocycles. The molecule has 0 saturated carbocycles. The molecule has 0 bridgehead atoms. The summed E-state index contributed by atoms with van der Waals surface area (Å²) in [5.41, 5.74) is 2.87. The minimum absolute atomic E-state index is 0.195. The smallest absolute Gasteiger partial charge is 0.296 e. The van der Waals surface area contributed by atoms with Crippen molar-refractivity contribution in [2.75, 3.05) is 46.4 Å². The summed E-state index contributed by atoms with van der Waals surface area (Å²) in [4.78, 5) is 32.3. The quantitative estimate of drug-likeness (QED) is 0.296. The van der Waals surface area contributed by atoms with Crippen molar-refractivity contribution in [3.8, 4) is 11.4 Å². The second-order valence-corrected chi connectivity index (χ2v) is 11.0. The Labute approximate surface area is 248 Å². The fourth-order valence-corrected chi connectivity index (χ4v) is 5.98. The summed E-state index contributed by atoms with van der Waals surface area (Å²) >= 11 is 6.38. The summed E-state index contributed by atoms with van der Waals surface area (Å²) < 4.78 is 8.33. The van der Waals surface area contributed by atoms with Crippen molar-refractivity contribution in [3.63, 3.8) is 0 Å². The molecule has 0 atom stereocenters. The van der Waals surface area contributed by atoms with Gasteiger partial charge in [-0.1, -0.05) is 60.1 Å². The third-order valence-electron chi connectivity index (χ3n) is 7.96. The molecule has 5 aromatic rings. The number of para-hydroxylation sites is 1.